The maximum Gasteiger partial charge on any atom is 0.151 e. The van der Waals surface area contributed by atoms with E-state index in [0.717, 1.165) is 6.07 Å². The van der Waals surface area contributed by atoms with Gasteiger partial charge in [-0.1, -0.05) is 0 Å². The highest BCUT2D eigenvalue weighted by Gasteiger charge is 2.11. The summed E-state index contributed by atoms with van der Waals surface area (Å²) < 4.78 is 18.7. The second-order valence-electron chi connectivity index (χ2n) is 3.28. The van der Waals surface area contributed by atoms with Crippen LogP contribution < -0.4 is 4.74 Å². The zero-order valence-electron chi connectivity index (χ0n) is 8.82. The monoisotopic (exact) mass is 236 g/mol. The maximum atomic E-state index is 13.4. The summed E-state index contributed by atoms with van der Waals surface area (Å²) in [5.41, 5.74) is 0.152. The molecule has 82 valence electrons. The minimum absolute atomic E-state index is 0.0182. The number of halogens is 1. The van der Waals surface area contributed by atoms with E-state index in [1.807, 2.05) is 19.9 Å². The predicted octanol–water partition coefficient (Wildman–Crippen LogP) is 3.22. The van der Waals surface area contributed by atoms with E-state index in [2.05, 4.69) is 22.4 Å². The highest BCUT2D eigenvalue weighted by molar-refractivity contribution is 7.78. The van der Waals surface area contributed by atoms with Crippen molar-refractivity contribution in [3.63, 3.8) is 0 Å². The number of hydrogen-bond acceptors (Lipinski definition) is 4. The SMILES string of the molecule is CC(C)Oc1cc(N=C=S)c(F)cc1C#N. The van der Waals surface area contributed by atoms with Crippen molar-refractivity contribution in [1.82, 2.24) is 0 Å². The van der Waals surface area contributed by atoms with Crippen molar-refractivity contribution in [2.75, 3.05) is 0 Å². The van der Waals surface area contributed by atoms with Crippen molar-refractivity contribution in [2.45, 2.75) is 20.0 Å². The molecule has 0 spiro atoms. The number of isothiocyanates is 1. The molecule has 0 amide bonds. The Balaban J connectivity index is 3.29. The highest BCUT2D eigenvalue weighted by Crippen LogP contribution is 2.28. The lowest BCUT2D eigenvalue weighted by atomic mass is 10.2. The fourth-order valence-corrected chi connectivity index (χ4v) is 1.21. The van der Waals surface area contributed by atoms with Crippen molar-refractivity contribution in [3.05, 3.63) is 23.5 Å². The smallest absolute Gasteiger partial charge is 0.151 e. The van der Waals surface area contributed by atoms with Gasteiger partial charge < -0.3 is 4.74 Å². The number of benzene rings is 1. The molecule has 0 saturated heterocycles. The van der Waals surface area contributed by atoms with Gasteiger partial charge in [-0.15, -0.1) is 0 Å². The lowest BCUT2D eigenvalue weighted by molar-refractivity contribution is 0.241. The van der Waals surface area contributed by atoms with Gasteiger partial charge in [-0.3, -0.25) is 0 Å². The molecule has 0 saturated carbocycles. The molecule has 0 aliphatic carbocycles. The van der Waals surface area contributed by atoms with Crippen LogP contribution in [0.5, 0.6) is 5.75 Å². The van der Waals surface area contributed by atoms with E-state index in [1.165, 1.54) is 6.07 Å². The Morgan fingerprint density at radius 2 is 2.19 bits per heavy atom. The molecule has 0 aliphatic rings. The van der Waals surface area contributed by atoms with Gasteiger partial charge >= 0.3 is 0 Å². The van der Waals surface area contributed by atoms with Gasteiger partial charge in [0.25, 0.3) is 0 Å². The summed E-state index contributed by atoms with van der Waals surface area (Å²) in [6, 6.07) is 4.27. The molecule has 0 N–H and O–H groups in total. The average Bonchev–Trinajstić information content (AvgIpc) is 2.22. The van der Waals surface area contributed by atoms with Gasteiger partial charge in [0.2, 0.25) is 0 Å². The van der Waals surface area contributed by atoms with Crippen molar-refractivity contribution < 1.29 is 9.13 Å². The molecule has 1 aromatic rings. The van der Waals surface area contributed by atoms with Crippen molar-refractivity contribution in [3.8, 4) is 11.8 Å². The summed E-state index contributed by atoms with van der Waals surface area (Å²) in [5.74, 6) is -0.326. The Kier molecular flexibility index (Phi) is 4.12. The first-order valence-electron chi connectivity index (χ1n) is 4.56. The molecule has 0 radical (unpaired) electrons. The first kappa shape index (κ1) is 12.3. The summed E-state index contributed by atoms with van der Waals surface area (Å²) in [7, 11) is 0. The largest absolute Gasteiger partial charge is 0.490 e. The molecule has 0 atom stereocenters. The minimum Gasteiger partial charge on any atom is -0.490 e. The quantitative estimate of drug-likeness (QED) is 0.598. The van der Waals surface area contributed by atoms with E-state index in [4.69, 9.17) is 10.00 Å². The maximum absolute atomic E-state index is 13.4. The van der Waals surface area contributed by atoms with Crippen LogP contribution in [0.1, 0.15) is 19.4 Å². The number of hydrogen-bond donors (Lipinski definition) is 0. The number of thiocarbonyl (C=S) groups is 1. The van der Waals surface area contributed by atoms with Gasteiger partial charge in [-0.25, -0.2) is 4.39 Å². The first-order valence-corrected chi connectivity index (χ1v) is 4.97. The summed E-state index contributed by atoms with van der Waals surface area (Å²) in [6.45, 7) is 3.62. The minimum atomic E-state index is -0.620. The van der Waals surface area contributed by atoms with Crippen LogP contribution in [0, 0.1) is 17.1 Å². The Labute approximate surface area is 98.2 Å². The van der Waals surface area contributed by atoms with E-state index >= 15 is 0 Å². The molecule has 0 fully saturated rings. The number of rotatable bonds is 3. The topological polar surface area (TPSA) is 45.4 Å². The summed E-state index contributed by atoms with van der Waals surface area (Å²) in [5, 5.41) is 10.9. The summed E-state index contributed by atoms with van der Waals surface area (Å²) in [4.78, 5) is 3.55. The van der Waals surface area contributed by atoms with Gasteiger partial charge in [-0.2, -0.15) is 10.3 Å². The molecular formula is C11H9FN2OS. The van der Waals surface area contributed by atoms with Gasteiger partial charge in [0.15, 0.2) is 5.82 Å². The van der Waals surface area contributed by atoms with Crippen LogP contribution in [0.4, 0.5) is 10.1 Å². The molecule has 3 nitrogen and oxygen atoms in total. The second-order valence-corrected chi connectivity index (χ2v) is 3.46. The third-order valence-corrected chi connectivity index (χ3v) is 1.79. The van der Waals surface area contributed by atoms with Crippen molar-refractivity contribution in [2.24, 2.45) is 4.99 Å². The van der Waals surface area contributed by atoms with Gasteiger partial charge in [0, 0.05) is 6.07 Å². The van der Waals surface area contributed by atoms with Crippen molar-refractivity contribution in [1.29, 1.82) is 5.26 Å². The van der Waals surface area contributed by atoms with Gasteiger partial charge in [-0.05, 0) is 32.1 Å². The fourth-order valence-electron chi connectivity index (χ4n) is 1.12. The van der Waals surface area contributed by atoms with Crippen LogP contribution in [-0.2, 0) is 0 Å². The zero-order chi connectivity index (χ0) is 12.1. The number of nitrogens with zero attached hydrogens (tertiary/aromatic N) is 2. The third kappa shape index (κ3) is 2.86. The lowest BCUT2D eigenvalue weighted by Gasteiger charge is -2.11. The molecule has 0 aromatic heterocycles. The standard InChI is InChI=1S/C11H9FN2OS/c1-7(2)15-11-4-10(14-6-16)9(12)3-8(11)5-13/h3-4,7H,1-2H3. The number of ether oxygens (including phenoxy) is 1. The van der Waals surface area contributed by atoms with Gasteiger partial charge in [0.05, 0.1) is 16.8 Å². The third-order valence-electron chi connectivity index (χ3n) is 1.70. The molecule has 16 heavy (non-hydrogen) atoms. The summed E-state index contributed by atoms with van der Waals surface area (Å²) >= 11 is 4.40. The second kappa shape index (κ2) is 5.36. The molecule has 1 aromatic carbocycles. The predicted molar refractivity (Wildman–Crippen MR) is 61.6 cm³/mol. The molecule has 1 rings (SSSR count). The Hall–Kier alpha value is -1.76. The van der Waals surface area contributed by atoms with Gasteiger partial charge in [0.1, 0.15) is 17.5 Å². The van der Waals surface area contributed by atoms with E-state index in [9.17, 15) is 4.39 Å². The van der Waals surface area contributed by atoms with E-state index in [-0.39, 0.29) is 17.4 Å². The highest BCUT2D eigenvalue weighted by atomic mass is 32.1. The molecule has 5 heteroatoms. The molecule has 0 heterocycles. The van der Waals surface area contributed by atoms with E-state index in [0.29, 0.717) is 5.75 Å². The average molecular weight is 236 g/mol. The molecular weight excluding hydrogens is 227 g/mol. The number of aliphatic imine (C=N–C) groups is 1. The molecule has 0 aliphatic heterocycles. The van der Waals surface area contributed by atoms with E-state index in [1.54, 1.807) is 0 Å². The number of nitriles is 1. The Bertz CT molecular complexity index is 487. The van der Waals surface area contributed by atoms with E-state index < -0.39 is 5.82 Å². The van der Waals surface area contributed by atoms with Crippen LogP contribution in [0.15, 0.2) is 17.1 Å². The lowest BCUT2D eigenvalue weighted by Crippen LogP contribution is -2.07. The van der Waals surface area contributed by atoms with Crippen LogP contribution >= 0.6 is 12.2 Å². The molecule has 0 bridgehead atoms. The Morgan fingerprint density at radius 3 is 2.69 bits per heavy atom. The Morgan fingerprint density at radius 1 is 1.50 bits per heavy atom. The van der Waals surface area contributed by atoms with Crippen LogP contribution in [0.3, 0.4) is 0 Å². The fraction of sp³-hybridized carbons (Fsp3) is 0.273. The van der Waals surface area contributed by atoms with Crippen molar-refractivity contribution >= 4 is 23.1 Å². The molecule has 0 unspecified atom stereocenters. The van der Waals surface area contributed by atoms with Crippen LogP contribution in [-0.4, -0.2) is 11.3 Å². The normalized spacial score (nSPS) is 9.44. The van der Waals surface area contributed by atoms with Crippen LogP contribution in [0.25, 0.3) is 0 Å². The van der Waals surface area contributed by atoms with Crippen LogP contribution in [0.2, 0.25) is 0 Å². The first-order chi connectivity index (χ1) is 7.58. The summed E-state index contributed by atoms with van der Waals surface area (Å²) in [6.07, 6.45) is -0.109. The zero-order valence-corrected chi connectivity index (χ0v) is 9.64.